The molecule has 1 amide bonds. The van der Waals surface area contributed by atoms with Crippen molar-refractivity contribution >= 4 is 28.5 Å². The van der Waals surface area contributed by atoms with Crippen LogP contribution in [0, 0.1) is 11.6 Å². The normalized spacial score (nSPS) is 18.8. The van der Waals surface area contributed by atoms with E-state index in [1.807, 2.05) is 6.07 Å². The molecule has 2 aromatic carbocycles. The fourth-order valence-electron chi connectivity index (χ4n) is 4.94. The molecule has 37 heavy (non-hydrogen) atoms. The summed E-state index contributed by atoms with van der Waals surface area (Å²) in [7, 11) is 0. The number of amides is 1. The number of rotatable bonds is 9. The van der Waals surface area contributed by atoms with Crippen molar-refractivity contribution in [1.29, 1.82) is 0 Å². The molecule has 1 aliphatic heterocycles. The number of hydrogen-bond donors (Lipinski definition) is 2. The van der Waals surface area contributed by atoms with E-state index in [2.05, 4.69) is 29.2 Å². The van der Waals surface area contributed by atoms with E-state index in [4.69, 9.17) is 10.3 Å². The number of anilines is 1. The van der Waals surface area contributed by atoms with Gasteiger partial charge in [0.2, 0.25) is 5.91 Å². The van der Waals surface area contributed by atoms with E-state index in [0.717, 1.165) is 37.0 Å². The van der Waals surface area contributed by atoms with Gasteiger partial charge in [-0.15, -0.1) is 0 Å². The predicted molar refractivity (Wildman–Crippen MR) is 140 cm³/mol. The first-order valence-electron chi connectivity index (χ1n) is 12.4. The van der Waals surface area contributed by atoms with Crippen molar-refractivity contribution in [2.45, 2.75) is 77.9 Å². The lowest BCUT2D eigenvalue weighted by Crippen LogP contribution is -2.51. The molecule has 200 valence electrons. The summed E-state index contributed by atoms with van der Waals surface area (Å²) in [6.45, 7) is 4.39. The van der Waals surface area contributed by atoms with Crippen molar-refractivity contribution in [3.63, 3.8) is 0 Å². The zero-order valence-corrected chi connectivity index (χ0v) is 20.6. The fourth-order valence-corrected chi connectivity index (χ4v) is 4.94. The van der Waals surface area contributed by atoms with Crippen LogP contribution < -0.4 is 11.1 Å². The minimum Gasteiger partial charge on any atom is -0.380 e. The van der Waals surface area contributed by atoms with E-state index in [-0.39, 0.29) is 50.6 Å². The molecule has 0 radical (unpaired) electrons. The number of aryl methyl sites for hydroxylation is 1. The number of carbonyl (C=O) groups is 2. The van der Waals surface area contributed by atoms with E-state index < -0.39 is 17.7 Å². The topological polar surface area (TPSA) is 101 Å². The molecule has 0 unspecified atom stereocenters. The number of hydrogen-bond acceptors (Lipinski definition) is 6. The molecule has 0 spiro atoms. The lowest BCUT2D eigenvalue weighted by Gasteiger charge is -2.38. The molecule has 1 aromatic heterocycles. The third-order valence-corrected chi connectivity index (χ3v) is 7.07. The SMILES string of the molecule is C.C[C@@H]1CCC[C@H](C)N1CC(=O)N[C@@H](Cc1ccc(F)c(F)c1)C(=O)CCc1ccc2c(N)noc2c1. The van der Waals surface area contributed by atoms with Crippen molar-refractivity contribution in [2.75, 3.05) is 12.3 Å². The number of fused-ring (bicyclic) bond motifs is 1. The third kappa shape index (κ3) is 6.91. The highest BCUT2D eigenvalue weighted by molar-refractivity contribution is 5.90. The first-order chi connectivity index (χ1) is 17.2. The summed E-state index contributed by atoms with van der Waals surface area (Å²) in [5.74, 6) is -2.08. The average molecular weight is 515 g/mol. The maximum atomic E-state index is 13.8. The summed E-state index contributed by atoms with van der Waals surface area (Å²) < 4.78 is 32.4. The highest BCUT2D eigenvalue weighted by Crippen LogP contribution is 2.23. The molecule has 1 fully saturated rings. The Labute approximate surface area is 216 Å². The summed E-state index contributed by atoms with van der Waals surface area (Å²) in [6, 6.07) is 8.66. The maximum Gasteiger partial charge on any atom is 0.234 e. The second kappa shape index (κ2) is 12.3. The number of Topliss-reactive ketones (excluding diaryl/α,β-unsaturated/α-hetero) is 1. The second-order valence-electron chi connectivity index (χ2n) is 9.74. The summed E-state index contributed by atoms with van der Waals surface area (Å²) in [6.07, 6.45) is 3.82. The predicted octanol–water partition coefficient (Wildman–Crippen LogP) is 4.82. The summed E-state index contributed by atoms with van der Waals surface area (Å²) in [5.41, 5.74) is 7.59. The number of piperidine rings is 1. The number of carbonyl (C=O) groups excluding carboxylic acids is 2. The first kappa shape index (κ1) is 28.2. The van der Waals surface area contributed by atoms with Crippen LogP contribution in [-0.4, -0.2) is 46.4 Å². The zero-order valence-electron chi connectivity index (χ0n) is 20.6. The van der Waals surface area contributed by atoms with Crippen molar-refractivity contribution < 1.29 is 22.9 Å². The Morgan fingerprint density at radius 2 is 1.81 bits per heavy atom. The molecular formula is C28H36F2N4O3. The van der Waals surface area contributed by atoms with Gasteiger partial charge >= 0.3 is 0 Å². The van der Waals surface area contributed by atoms with Crippen LogP contribution in [0.25, 0.3) is 11.0 Å². The summed E-state index contributed by atoms with van der Waals surface area (Å²) in [4.78, 5) is 28.4. The van der Waals surface area contributed by atoms with Gasteiger partial charge in [0, 0.05) is 18.5 Å². The van der Waals surface area contributed by atoms with Gasteiger partial charge in [0.25, 0.3) is 0 Å². The molecule has 7 nitrogen and oxygen atoms in total. The van der Waals surface area contributed by atoms with Crippen LogP contribution in [0.1, 0.15) is 58.1 Å². The number of halogens is 2. The molecule has 1 aliphatic rings. The number of nitrogens with two attached hydrogens (primary N) is 1. The molecule has 2 heterocycles. The molecule has 1 saturated heterocycles. The number of benzene rings is 2. The van der Waals surface area contributed by atoms with Crippen LogP contribution in [0.3, 0.4) is 0 Å². The number of ketones is 1. The molecule has 4 rings (SSSR count). The van der Waals surface area contributed by atoms with Crippen LogP contribution in [0.15, 0.2) is 40.9 Å². The Morgan fingerprint density at radius 3 is 2.51 bits per heavy atom. The lowest BCUT2D eigenvalue weighted by atomic mass is 9.96. The molecule has 0 aliphatic carbocycles. The van der Waals surface area contributed by atoms with E-state index in [1.54, 1.807) is 12.1 Å². The quantitative estimate of drug-likeness (QED) is 0.425. The minimum atomic E-state index is -0.986. The first-order valence-corrected chi connectivity index (χ1v) is 12.4. The van der Waals surface area contributed by atoms with Gasteiger partial charge in [-0.2, -0.15) is 0 Å². The van der Waals surface area contributed by atoms with Crippen LogP contribution in [0.4, 0.5) is 14.6 Å². The number of aromatic nitrogens is 1. The number of nitrogen functional groups attached to an aromatic ring is 1. The van der Waals surface area contributed by atoms with Gasteiger partial charge in [-0.05, 0) is 74.9 Å². The van der Waals surface area contributed by atoms with E-state index >= 15 is 0 Å². The molecular weight excluding hydrogens is 478 g/mol. The van der Waals surface area contributed by atoms with E-state index in [1.165, 1.54) is 6.07 Å². The monoisotopic (exact) mass is 514 g/mol. The number of nitrogens with one attached hydrogen (secondary N) is 1. The summed E-state index contributed by atoms with van der Waals surface area (Å²) >= 11 is 0. The van der Waals surface area contributed by atoms with Crippen LogP contribution in [-0.2, 0) is 22.4 Å². The van der Waals surface area contributed by atoms with Gasteiger partial charge in [0.05, 0.1) is 18.0 Å². The Kier molecular flexibility index (Phi) is 9.37. The second-order valence-corrected chi connectivity index (χ2v) is 9.74. The van der Waals surface area contributed by atoms with Crippen molar-refractivity contribution in [3.8, 4) is 0 Å². The number of nitrogens with zero attached hydrogens (tertiary/aromatic N) is 2. The molecule has 3 aromatic rings. The van der Waals surface area contributed by atoms with Gasteiger partial charge < -0.3 is 15.6 Å². The highest BCUT2D eigenvalue weighted by Gasteiger charge is 2.28. The summed E-state index contributed by atoms with van der Waals surface area (Å²) in [5, 5.41) is 7.31. The Hall–Kier alpha value is -3.33. The molecule has 0 bridgehead atoms. The van der Waals surface area contributed by atoms with Crippen LogP contribution >= 0.6 is 0 Å². The van der Waals surface area contributed by atoms with E-state index in [0.29, 0.717) is 28.8 Å². The zero-order chi connectivity index (χ0) is 25.8. The molecule has 0 saturated carbocycles. The maximum absolute atomic E-state index is 13.8. The van der Waals surface area contributed by atoms with Gasteiger partial charge in [-0.3, -0.25) is 14.5 Å². The largest absolute Gasteiger partial charge is 0.380 e. The van der Waals surface area contributed by atoms with Gasteiger partial charge in [-0.25, -0.2) is 8.78 Å². The van der Waals surface area contributed by atoms with Gasteiger partial charge in [-0.1, -0.05) is 31.1 Å². The minimum absolute atomic E-state index is 0. The van der Waals surface area contributed by atoms with Gasteiger partial charge in [0.1, 0.15) is 0 Å². The third-order valence-electron chi connectivity index (χ3n) is 7.07. The van der Waals surface area contributed by atoms with E-state index in [9.17, 15) is 18.4 Å². The fraction of sp³-hybridized carbons (Fsp3) is 0.464. The van der Waals surface area contributed by atoms with Crippen LogP contribution in [0.5, 0.6) is 0 Å². The number of likely N-dealkylation sites (tertiary alicyclic amines) is 1. The van der Waals surface area contributed by atoms with Crippen molar-refractivity contribution in [3.05, 3.63) is 59.2 Å². The molecule has 3 atom stereocenters. The van der Waals surface area contributed by atoms with Gasteiger partial charge in [0.15, 0.2) is 28.8 Å². The molecule has 9 heteroatoms. The lowest BCUT2D eigenvalue weighted by molar-refractivity contribution is -0.129. The Balaban J connectivity index is 0.00000380. The average Bonchev–Trinajstić information content (AvgIpc) is 3.22. The highest BCUT2D eigenvalue weighted by atomic mass is 19.2. The van der Waals surface area contributed by atoms with Crippen LogP contribution in [0.2, 0.25) is 0 Å². The van der Waals surface area contributed by atoms with Crippen molar-refractivity contribution in [1.82, 2.24) is 15.4 Å². The standard InChI is InChI=1S/C27H32F2N4O3.CH4/c1-16-4-3-5-17(2)33(16)15-26(35)31-23(13-19-7-10-21(28)22(29)12-19)24(34)11-8-18-6-9-20-25(14-18)36-32-27(20)30;/h6-7,9-10,12,14,16-17,23H,3-5,8,11,13,15H2,1-2H3,(H2,30,32)(H,31,35);1H4/t16-,17+,23-;/m0./s1. The van der Waals surface area contributed by atoms with Crippen molar-refractivity contribution in [2.24, 2.45) is 0 Å². The molecule has 3 N–H and O–H groups in total. The smallest absolute Gasteiger partial charge is 0.234 e. The Morgan fingerprint density at radius 1 is 1.11 bits per heavy atom. The Bertz CT molecular complexity index is 1240.